The molecule has 0 spiro atoms. The Morgan fingerprint density at radius 1 is 0.814 bits per heavy atom. The summed E-state index contributed by atoms with van der Waals surface area (Å²) in [6.07, 6.45) is -15.4. The van der Waals surface area contributed by atoms with E-state index in [9.17, 15) is 45.6 Å². The highest BCUT2D eigenvalue weighted by Crippen LogP contribution is 2.44. The minimum Gasteiger partial charge on any atom is -0.508 e. The van der Waals surface area contributed by atoms with Gasteiger partial charge in [0, 0.05) is 17.7 Å². The van der Waals surface area contributed by atoms with Crippen LogP contribution in [-0.4, -0.2) is 116 Å². The van der Waals surface area contributed by atoms with Crippen molar-refractivity contribution in [3.05, 3.63) is 46.6 Å². The van der Waals surface area contributed by atoms with Crippen molar-refractivity contribution in [1.29, 1.82) is 0 Å². The second-order valence-electron chi connectivity index (χ2n) is 10.3. The number of hydrogen-bond acceptors (Lipinski definition) is 15. The second-order valence-corrected chi connectivity index (χ2v) is 10.3. The fourth-order valence-corrected chi connectivity index (χ4v) is 4.90. The van der Waals surface area contributed by atoms with Crippen LogP contribution in [0.2, 0.25) is 0 Å². The number of benzene rings is 2. The van der Waals surface area contributed by atoms with Crippen molar-refractivity contribution in [3.8, 4) is 34.3 Å². The highest BCUT2D eigenvalue weighted by Gasteiger charge is 2.47. The highest BCUT2D eigenvalue weighted by atomic mass is 16.7. The molecule has 2 fully saturated rings. The van der Waals surface area contributed by atoms with E-state index in [-0.39, 0.29) is 28.2 Å². The van der Waals surface area contributed by atoms with Gasteiger partial charge in [0.15, 0.2) is 23.2 Å². The number of aliphatic hydroxyl groups excluding tert-OH is 6. The molecule has 3 aromatic rings. The molecule has 0 aliphatic carbocycles. The van der Waals surface area contributed by atoms with Gasteiger partial charge >= 0.3 is 0 Å². The van der Waals surface area contributed by atoms with E-state index in [1.165, 1.54) is 44.4 Å². The molecule has 0 bridgehead atoms. The lowest BCUT2D eigenvalue weighted by atomic mass is 9.98. The molecule has 15 heteroatoms. The van der Waals surface area contributed by atoms with E-state index in [0.717, 1.165) is 6.07 Å². The van der Waals surface area contributed by atoms with Gasteiger partial charge in [-0.1, -0.05) is 0 Å². The van der Waals surface area contributed by atoms with Crippen molar-refractivity contribution in [2.24, 2.45) is 0 Å². The molecule has 10 unspecified atom stereocenters. The van der Waals surface area contributed by atoms with Crippen molar-refractivity contribution >= 4 is 11.0 Å². The van der Waals surface area contributed by atoms with Crippen LogP contribution in [0.1, 0.15) is 6.92 Å². The summed E-state index contributed by atoms with van der Waals surface area (Å²) in [4.78, 5) is 13.0. The Labute approximate surface area is 243 Å². The third-order valence-corrected chi connectivity index (χ3v) is 7.42. The summed E-state index contributed by atoms with van der Waals surface area (Å²) >= 11 is 0. The molecule has 0 amide bonds. The number of hydrogen-bond donors (Lipinski definition) is 8. The molecule has 2 aromatic carbocycles. The Balaban J connectivity index is 1.40. The Kier molecular flexibility index (Phi) is 8.80. The Bertz CT molecular complexity index is 1490. The molecular weight excluding hydrogens is 576 g/mol. The van der Waals surface area contributed by atoms with Crippen molar-refractivity contribution in [1.82, 2.24) is 0 Å². The summed E-state index contributed by atoms with van der Waals surface area (Å²) < 4.78 is 33.2. The predicted molar refractivity (Wildman–Crippen MR) is 143 cm³/mol. The van der Waals surface area contributed by atoms with Crippen LogP contribution >= 0.6 is 0 Å². The largest absolute Gasteiger partial charge is 0.508 e. The number of fused-ring (bicyclic) bond motifs is 1. The fourth-order valence-electron chi connectivity index (χ4n) is 4.90. The maximum absolute atomic E-state index is 13.0. The number of phenolic OH excluding ortho intramolecular Hbond substituents is 2. The first-order valence-electron chi connectivity index (χ1n) is 13.3. The minimum absolute atomic E-state index is 0.0136. The number of ether oxygens (including phenoxy) is 5. The molecule has 43 heavy (non-hydrogen) atoms. The zero-order valence-electron chi connectivity index (χ0n) is 22.9. The predicted octanol–water partition coefficient (Wildman–Crippen LogP) is -1.09. The molecule has 3 heterocycles. The van der Waals surface area contributed by atoms with E-state index in [1.54, 1.807) is 0 Å². The lowest BCUT2D eigenvalue weighted by Gasteiger charge is -2.42. The van der Waals surface area contributed by atoms with Crippen LogP contribution in [0, 0.1) is 0 Å². The summed E-state index contributed by atoms with van der Waals surface area (Å²) in [7, 11) is 1.24. The molecule has 10 atom stereocenters. The average Bonchev–Trinajstić information content (AvgIpc) is 2.99. The summed E-state index contributed by atoms with van der Waals surface area (Å²) in [5, 5.41) is 82.0. The molecule has 2 aliphatic rings. The lowest BCUT2D eigenvalue weighted by molar-refractivity contribution is -0.318. The number of rotatable bonds is 7. The van der Waals surface area contributed by atoms with Crippen LogP contribution in [-0.2, 0) is 14.2 Å². The first kappa shape index (κ1) is 30.9. The zero-order valence-corrected chi connectivity index (χ0v) is 22.9. The lowest BCUT2D eigenvalue weighted by Crippen LogP contribution is -2.61. The second kappa shape index (κ2) is 12.2. The summed E-state index contributed by atoms with van der Waals surface area (Å²) in [5.41, 5.74) is -0.258. The molecule has 0 radical (unpaired) electrons. The maximum Gasteiger partial charge on any atom is 0.229 e. The SMILES string of the molecule is COc1cc2oc(-c3ccc(O)cc3)cc(=O)c2c(O)c1OC1OC(COC2OC(C)C(O)C(O)C2O)C(O)C(O)C1O. The number of aliphatic hydroxyl groups is 6. The van der Waals surface area contributed by atoms with Gasteiger partial charge in [-0.15, -0.1) is 0 Å². The van der Waals surface area contributed by atoms with Gasteiger partial charge in [-0.25, -0.2) is 0 Å². The Morgan fingerprint density at radius 2 is 1.47 bits per heavy atom. The monoisotopic (exact) mass is 608 g/mol. The van der Waals surface area contributed by atoms with Crippen LogP contribution in [0.5, 0.6) is 23.0 Å². The molecule has 1 aromatic heterocycles. The van der Waals surface area contributed by atoms with Gasteiger partial charge in [0.2, 0.25) is 12.0 Å². The summed E-state index contributed by atoms with van der Waals surface area (Å²) in [6.45, 7) is 0.913. The van der Waals surface area contributed by atoms with Crippen LogP contribution in [0.4, 0.5) is 0 Å². The molecular formula is C28H32O15. The van der Waals surface area contributed by atoms with Crippen molar-refractivity contribution in [2.75, 3.05) is 13.7 Å². The molecule has 2 saturated heterocycles. The van der Waals surface area contributed by atoms with E-state index in [0.29, 0.717) is 5.56 Å². The summed E-state index contributed by atoms with van der Waals surface area (Å²) in [5.74, 6) is -1.14. The van der Waals surface area contributed by atoms with E-state index in [2.05, 4.69) is 0 Å². The van der Waals surface area contributed by atoms with Crippen molar-refractivity contribution in [3.63, 3.8) is 0 Å². The smallest absolute Gasteiger partial charge is 0.229 e. The topological polar surface area (TPSA) is 238 Å². The van der Waals surface area contributed by atoms with Crippen LogP contribution in [0.3, 0.4) is 0 Å². The van der Waals surface area contributed by atoms with Gasteiger partial charge in [-0.3, -0.25) is 4.79 Å². The number of methoxy groups -OCH3 is 1. The highest BCUT2D eigenvalue weighted by molar-refractivity contribution is 5.89. The van der Waals surface area contributed by atoms with Crippen molar-refractivity contribution in [2.45, 2.75) is 68.3 Å². The quantitative estimate of drug-likeness (QED) is 0.159. The van der Waals surface area contributed by atoms with Gasteiger partial charge in [-0.2, -0.15) is 0 Å². The molecule has 0 saturated carbocycles. The maximum atomic E-state index is 13.0. The number of phenols is 2. The van der Waals surface area contributed by atoms with Gasteiger partial charge < -0.3 is 69.0 Å². The third kappa shape index (κ3) is 5.86. The van der Waals surface area contributed by atoms with Crippen molar-refractivity contribution < 1.29 is 69.0 Å². The fraction of sp³-hybridized carbons (Fsp3) is 0.464. The summed E-state index contributed by atoms with van der Waals surface area (Å²) in [6, 6.07) is 8.27. The third-order valence-electron chi connectivity index (χ3n) is 7.42. The normalized spacial score (nSPS) is 32.9. The van der Waals surface area contributed by atoms with E-state index in [1.807, 2.05) is 0 Å². The van der Waals surface area contributed by atoms with Crippen LogP contribution < -0.4 is 14.9 Å². The average molecular weight is 609 g/mol. The van der Waals surface area contributed by atoms with E-state index in [4.69, 9.17) is 28.1 Å². The Hall–Kier alpha value is -3.51. The first-order chi connectivity index (χ1) is 20.4. The minimum atomic E-state index is -1.85. The van der Waals surface area contributed by atoms with Gasteiger partial charge in [0.05, 0.1) is 19.8 Å². The molecule has 15 nitrogen and oxygen atoms in total. The zero-order chi connectivity index (χ0) is 31.2. The standard InChI is InChI=1S/C28H32O15/c1-10-19(31)22(34)24(36)27(40-10)39-9-17-20(32)23(35)25(37)28(42-17)43-26-16(38-2)8-15-18(21(26)33)13(30)7-14(41-15)11-3-5-12(29)6-4-11/h3-8,10,17,19-20,22-25,27-29,31-37H,9H2,1-2H3. The Morgan fingerprint density at radius 3 is 2.14 bits per heavy atom. The molecule has 2 aliphatic heterocycles. The molecule has 5 rings (SSSR count). The van der Waals surface area contributed by atoms with Gasteiger partial charge in [-0.05, 0) is 31.2 Å². The van der Waals surface area contributed by atoms with Gasteiger partial charge in [0.25, 0.3) is 0 Å². The van der Waals surface area contributed by atoms with Crippen LogP contribution in [0.25, 0.3) is 22.3 Å². The van der Waals surface area contributed by atoms with Gasteiger partial charge in [0.1, 0.15) is 65.2 Å². The number of aromatic hydroxyl groups is 2. The molecule has 234 valence electrons. The first-order valence-corrected chi connectivity index (χ1v) is 13.3. The van der Waals surface area contributed by atoms with Crippen LogP contribution in [0.15, 0.2) is 45.6 Å². The van der Waals surface area contributed by atoms with E-state index >= 15 is 0 Å². The van der Waals surface area contributed by atoms with E-state index < -0.39 is 84.9 Å². The molecule has 8 N–H and O–H groups in total.